The summed E-state index contributed by atoms with van der Waals surface area (Å²) in [5.41, 5.74) is -0.724. The third-order valence-electron chi connectivity index (χ3n) is 3.45. The zero-order chi connectivity index (χ0) is 15.6. The Kier molecular flexibility index (Phi) is 4.15. The van der Waals surface area contributed by atoms with E-state index in [0.29, 0.717) is 19.4 Å². The zero-order valence-electron chi connectivity index (χ0n) is 11.0. The van der Waals surface area contributed by atoms with Gasteiger partial charge in [0.25, 0.3) is 5.91 Å². The van der Waals surface area contributed by atoms with Crippen LogP contribution in [-0.4, -0.2) is 39.9 Å². The molecule has 2 rings (SSSR count). The molecule has 1 heterocycles. The molecule has 7 nitrogen and oxygen atoms in total. The first kappa shape index (κ1) is 14.9. The molecule has 1 aromatic carbocycles. The lowest BCUT2D eigenvalue weighted by atomic mass is 9.97. The quantitative estimate of drug-likeness (QED) is 0.675. The van der Waals surface area contributed by atoms with Crippen molar-refractivity contribution in [3.63, 3.8) is 0 Å². The van der Waals surface area contributed by atoms with E-state index in [1.54, 1.807) is 0 Å². The molecule has 0 aliphatic carbocycles. The number of benzene rings is 1. The van der Waals surface area contributed by atoms with Gasteiger partial charge in [0.1, 0.15) is 0 Å². The first-order valence-electron chi connectivity index (χ1n) is 6.36. The largest absolute Gasteiger partial charge is 0.481 e. The summed E-state index contributed by atoms with van der Waals surface area (Å²) >= 11 is 0. The van der Waals surface area contributed by atoms with Crippen LogP contribution >= 0.6 is 0 Å². The molecule has 1 atom stereocenters. The molecular weight excluding hydrogens is 283 g/mol. The number of rotatable bonds is 3. The minimum Gasteiger partial charge on any atom is -0.481 e. The van der Waals surface area contributed by atoms with Crippen LogP contribution in [0.1, 0.15) is 23.2 Å². The van der Waals surface area contributed by atoms with Crippen molar-refractivity contribution in [1.29, 1.82) is 0 Å². The summed E-state index contributed by atoms with van der Waals surface area (Å²) in [6.07, 6.45) is 1.05. The molecule has 1 amide bonds. The van der Waals surface area contributed by atoms with Gasteiger partial charge in [-0.2, -0.15) is 4.39 Å². The van der Waals surface area contributed by atoms with E-state index in [-0.39, 0.29) is 12.1 Å². The van der Waals surface area contributed by atoms with Gasteiger partial charge in [0.05, 0.1) is 10.8 Å². The Hall–Kier alpha value is -2.51. The Balaban J connectivity index is 2.18. The fourth-order valence-corrected chi connectivity index (χ4v) is 2.33. The van der Waals surface area contributed by atoms with Crippen LogP contribution in [-0.2, 0) is 4.79 Å². The highest BCUT2D eigenvalue weighted by atomic mass is 19.1. The second-order valence-electron chi connectivity index (χ2n) is 4.85. The van der Waals surface area contributed by atoms with Gasteiger partial charge >= 0.3 is 11.7 Å². The van der Waals surface area contributed by atoms with E-state index in [1.165, 1.54) is 11.0 Å². The van der Waals surface area contributed by atoms with Gasteiger partial charge < -0.3 is 10.0 Å². The molecular formula is C13H13FN2O5. The highest BCUT2D eigenvalue weighted by Gasteiger charge is 2.29. The van der Waals surface area contributed by atoms with Crippen molar-refractivity contribution >= 4 is 17.6 Å². The number of hydrogen-bond acceptors (Lipinski definition) is 4. The van der Waals surface area contributed by atoms with Gasteiger partial charge in [0, 0.05) is 24.7 Å². The number of carboxylic acid groups (broad SMARTS) is 1. The van der Waals surface area contributed by atoms with Crippen LogP contribution in [0.15, 0.2) is 18.2 Å². The molecule has 1 aliphatic heterocycles. The van der Waals surface area contributed by atoms with Crippen LogP contribution in [0.3, 0.4) is 0 Å². The van der Waals surface area contributed by atoms with Crippen LogP contribution in [0.4, 0.5) is 10.1 Å². The predicted molar refractivity (Wildman–Crippen MR) is 69.3 cm³/mol. The summed E-state index contributed by atoms with van der Waals surface area (Å²) in [4.78, 5) is 34.2. The minimum absolute atomic E-state index is 0.0239. The zero-order valence-corrected chi connectivity index (χ0v) is 11.0. The topological polar surface area (TPSA) is 101 Å². The summed E-state index contributed by atoms with van der Waals surface area (Å²) < 4.78 is 13.5. The van der Waals surface area contributed by atoms with E-state index in [1.807, 2.05) is 0 Å². The number of carbonyl (C=O) groups is 2. The maximum Gasteiger partial charge on any atom is 0.308 e. The van der Waals surface area contributed by atoms with Crippen LogP contribution in [0.5, 0.6) is 0 Å². The summed E-state index contributed by atoms with van der Waals surface area (Å²) in [5.74, 6) is -3.21. The molecule has 1 unspecified atom stereocenters. The summed E-state index contributed by atoms with van der Waals surface area (Å²) in [6.45, 7) is 0.452. The number of likely N-dealkylation sites (tertiary alicyclic amines) is 1. The predicted octanol–water partition coefficient (Wildman–Crippen LogP) is 1.67. The molecule has 1 fully saturated rings. The smallest absolute Gasteiger partial charge is 0.308 e. The number of carbonyl (C=O) groups excluding carboxylic acids is 1. The van der Waals surface area contributed by atoms with Gasteiger partial charge in [-0.25, -0.2) is 0 Å². The number of piperidine rings is 1. The van der Waals surface area contributed by atoms with Crippen LogP contribution in [0.2, 0.25) is 0 Å². The van der Waals surface area contributed by atoms with E-state index in [9.17, 15) is 24.1 Å². The van der Waals surface area contributed by atoms with Gasteiger partial charge in [-0.15, -0.1) is 0 Å². The maximum atomic E-state index is 13.5. The van der Waals surface area contributed by atoms with E-state index in [0.717, 1.165) is 12.1 Å². The fourth-order valence-electron chi connectivity index (χ4n) is 2.33. The van der Waals surface area contributed by atoms with E-state index < -0.39 is 34.2 Å². The van der Waals surface area contributed by atoms with E-state index in [2.05, 4.69) is 0 Å². The Bertz CT molecular complexity index is 604. The highest BCUT2D eigenvalue weighted by Crippen LogP contribution is 2.22. The minimum atomic E-state index is -1.09. The van der Waals surface area contributed by atoms with Crippen LogP contribution in [0.25, 0.3) is 0 Å². The van der Waals surface area contributed by atoms with E-state index in [4.69, 9.17) is 5.11 Å². The molecule has 1 aliphatic rings. The average molecular weight is 296 g/mol. The SMILES string of the molecule is O=C(O)C1CCCN(C(=O)c2ccc([N+](=O)[O-])c(F)c2)C1. The fraction of sp³-hybridized carbons (Fsp3) is 0.385. The van der Waals surface area contributed by atoms with Crippen molar-refractivity contribution in [1.82, 2.24) is 4.90 Å². The third kappa shape index (κ3) is 3.15. The van der Waals surface area contributed by atoms with Gasteiger partial charge in [-0.1, -0.05) is 0 Å². The second-order valence-corrected chi connectivity index (χ2v) is 4.85. The molecule has 0 radical (unpaired) electrons. The normalized spacial score (nSPS) is 18.3. The Labute approximate surface area is 119 Å². The standard InChI is InChI=1S/C13H13FN2O5/c14-10-6-8(3-4-11(10)16(20)21)12(17)15-5-1-2-9(7-15)13(18)19/h3-4,6,9H,1-2,5,7H2,(H,18,19). The molecule has 0 bridgehead atoms. The number of nitro groups is 1. The third-order valence-corrected chi connectivity index (χ3v) is 3.45. The van der Waals surface area contributed by atoms with Crippen molar-refractivity contribution in [2.24, 2.45) is 5.92 Å². The molecule has 1 saturated heterocycles. The number of hydrogen-bond donors (Lipinski definition) is 1. The molecule has 8 heteroatoms. The maximum absolute atomic E-state index is 13.5. The number of aliphatic carboxylic acids is 1. The lowest BCUT2D eigenvalue weighted by Crippen LogP contribution is -2.42. The monoisotopic (exact) mass is 296 g/mol. The molecule has 0 saturated carbocycles. The van der Waals surface area contributed by atoms with Crippen molar-refractivity contribution in [2.75, 3.05) is 13.1 Å². The first-order valence-corrected chi connectivity index (χ1v) is 6.36. The molecule has 0 aromatic heterocycles. The molecule has 0 spiro atoms. The Morgan fingerprint density at radius 2 is 2.14 bits per heavy atom. The lowest BCUT2D eigenvalue weighted by Gasteiger charge is -2.30. The van der Waals surface area contributed by atoms with Gasteiger partial charge in [-0.3, -0.25) is 19.7 Å². The number of halogens is 1. The van der Waals surface area contributed by atoms with Gasteiger partial charge in [0.15, 0.2) is 0 Å². The highest BCUT2D eigenvalue weighted by molar-refractivity contribution is 5.94. The number of amides is 1. The molecule has 112 valence electrons. The lowest BCUT2D eigenvalue weighted by molar-refractivity contribution is -0.387. The van der Waals surface area contributed by atoms with Crippen molar-refractivity contribution < 1.29 is 24.0 Å². The van der Waals surface area contributed by atoms with Crippen LogP contribution in [0, 0.1) is 21.8 Å². The Morgan fingerprint density at radius 1 is 1.43 bits per heavy atom. The number of carboxylic acids is 1. The van der Waals surface area contributed by atoms with Crippen LogP contribution < -0.4 is 0 Å². The Morgan fingerprint density at radius 3 is 2.71 bits per heavy atom. The number of nitro benzene ring substituents is 1. The summed E-state index contributed by atoms with van der Waals surface area (Å²) in [5, 5.41) is 19.5. The summed E-state index contributed by atoms with van der Waals surface area (Å²) in [7, 11) is 0. The van der Waals surface area contributed by atoms with Crippen molar-refractivity contribution in [3.05, 3.63) is 39.7 Å². The van der Waals surface area contributed by atoms with Crippen molar-refractivity contribution in [2.45, 2.75) is 12.8 Å². The average Bonchev–Trinajstić information content (AvgIpc) is 2.46. The van der Waals surface area contributed by atoms with Gasteiger partial charge in [-0.05, 0) is 25.0 Å². The molecule has 21 heavy (non-hydrogen) atoms. The molecule has 1 aromatic rings. The molecule has 1 N–H and O–H groups in total. The number of nitrogens with zero attached hydrogens (tertiary/aromatic N) is 2. The second kappa shape index (κ2) is 5.86. The summed E-state index contributed by atoms with van der Waals surface area (Å²) in [6, 6.07) is 2.92. The van der Waals surface area contributed by atoms with E-state index >= 15 is 0 Å². The van der Waals surface area contributed by atoms with Gasteiger partial charge in [0.2, 0.25) is 5.82 Å². The van der Waals surface area contributed by atoms with Crippen molar-refractivity contribution in [3.8, 4) is 0 Å². The first-order chi connectivity index (χ1) is 9.90.